The lowest BCUT2D eigenvalue weighted by atomic mass is 9.98. The van der Waals surface area contributed by atoms with E-state index in [1.54, 1.807) is 13.1 Å². The van der Waals surface area contributed by atoms with Crippen LogP contribution in [-0.4, -0.2) is 68.3 Å². The molecular weight excluding hydrogens is 455 g/mol. The Bertz CT molecular complexity index is 1050. The fourth-order valence-electron chi connectivity index (χ4n) is 3.83. The highest BCUT2D eigenvalue weighted by atomic mass is 19.1. The summed E-state index contributed by atoms with van der Waals surface area (Å²) in [7, 11) is 0. The zero-order valence-electron chi connectivity index (χ0n) is 20.6. The minimum atomic E-state index is -1.22. The Morgan fingerprint density at radius 1 is 1.23 bits per heavy atom. The first-order chi connectivity index (χ1) is 16.5. The van der Waals surface area contributed by atoms with Gasteiger partial charge in [0.05, 0.1) is 19.4 Å². The highest BCUT2D eigenvalue weighted by molar-refractivity contribution is 5.91. The van der Waals surface area contributed by atoms with Crippen molar-refractivity contribution in [2.24, 2.45) is 11.8 Å². The van der Waals surface area contributed by atoms with Crippen molar-refractivity contribution in [3.63, 3.8) is 0 Å². The van der Waals surface area contributed by atoms with Gasteiger partial charge in [0.2, 0.25) is 11.8 Å². The molecule has 1 saturated carbocycles. The molecule has 2 atom stereocenters. The average Bonchev–Trinajstić information content (AvgIpc) is 3.42. The number of ether oxygens (including phenoxy) is 2. The number of carbonyl (C=O) groups is 1. The Kier molecular flexibility index (Phi) is 6.91. The molecule has 2 aromatic rings. The summed E-state index contributed by atoms with van der Waals surface area (Å²) < 4.78 is 25.4. The Morgan fingerprint density at radius 2 is 1.94 bits per heavy atom. The van der Waals surface area contributed by atoms with E-state index >= 15 is 0 Å². The maximum Gasteiger partial charge on any atom is 0.321 e. The van der Waals surface area contributed by atoms with Crippen molar-refractivity contribution in [2.45, 2.75) is 58.2 Å². The number of aromatic nitrogens is 5. The largest absolute Gasteiger partial charge is 0.488 e. The maximum absolute atomic E-state index is 13.9. The Morgan fingerprint density at radius 3 is 2.57 bits per heavy atom. The van der Waals surface area contributed by atoms with Crippen LogP contribution in [-0.2, 0) is 0 Å². The first-order valence-corrected chi connectivity index (χ1v) is 11.8. The number of amides is 1. The zero-order valence-corrected chi connectivity index (χ0v) is 20.6. The highest BCUT2D eigenvalue weighted by Gasteiger charge is 2.51. The van der Waals surface area contributed by atoms with Crippen LogP contribution in [0.1, 0.15) is 57.6 Å². The van der Waals surface area contributed by atoms with Gasteiger partial charge in [-0.05, 0) is 52.9 Å². The van der Waals surface area contributed by atoms with Crippen molar-refractivity contribution in [1.29, 1.82) is 0 Å². The second-order valence-corrected chi connectivity index (χ2v) is 10.4. The second-order valence-electron chi connectivity index (χ2n) is 10.4. The summed E-state index contributed by atoms with van der Waals surface area (Å²) in [6.07, 6.45) is 5.05. The van der Waals surface area contributed by atoms with Crippen LogP contribution in [0, 0.1) is 11.8 Å². The smallest absolute Gasteiger partial charge is 0.321 e. The van der Waals surface area contributed by atoms with Gasteiger partial charge in [-0.1, -0.05) is 0 Å². The van der Waals surface area contributed by atoms with Crippen LogP contribution in [0.15, 0.2) is 12.5 Å². The van der Waals surface area contributed by atoms with E-state index < -0.39 is 17.1 Å². The van der Waals surface area contributed by atoms with E-state index in [1.165, 1.54) is 6.33 Å². The van der Waals surface area contributed by atoms with Crippen molar-refractivity contribution in [1.82, 2.24) is 30.2 Å². The SMILES string of the molecule is CC(C)(C)NC(=O)c1nc(OCC2CC2(C)F)nc(N2CCC(COc3cncnc3N)CC2)n1. The van der Waals surface area contributed by atoms with Crippen LogP contribution < -0.4 is 25.4 Å². The Labute approximate surface area is 204 Å². The predicted molar refractivity (Wildman–Crippen MR) is 127 cm³/mol. The summed E-state index contributed by atoms with van der Waals surface area (Å²) >= 11 is 0. The van der Waals surface area contributed by atoms with Gasteiger partial charge >= 0.3 is 6.01 Å². The molecule has 2 aliphatic rings. The van der Waals surface area contributed by atoms with Gasteiger partial charge < -0.3 is 25.4 Å². The van der Waals surface area contributed by atoms with E-state index in [9.17, 15) is 9.18 Å². The molecule has 1 saturated heterocycles. The van der Waals surface area contributed by atoms with Gasteiger partial charge in [-0.2, -0.15) is 15.0 Å². The molecule has 3 N–H and O–H groups in total. The molecule has 0 bridgehead atoms. The molecular formula is C23H33FN8O3. The molecule has 1 aliphatic carbocycles. The van der Waals surface area contributed by atoms with Gasteiger partial charge in [0.25, 0.3) is 5.91 Å². The molecule has 12 heteroatoms. The molecule has 3 heterocycles. The summed E-state index contributed by atoms with van der Waals surface area (Å²) in [4.78, 5) is 35.7. The van der Waals surface area contributed by atoms with Gasteiger partial charge in [0.15, 0.2) is 11.6 Å². The monoisotopic (exact) mass is 488 g/mol. The molecule has 1 amide bonds. The van der Waals surface area contributed by atoms with Gasteiger partial charge in [0, 0.05) is 24.5 Å². The number of nitrogens with two attached hydrogens (primary N) is 1. The molecule has 190 valence electrons. The van der Waals surface area contributed by atoms with Gasteiger partial charge in [-0.15, -0.1) is 0 Å². The summed E-state index contributed by atoms with van der Waals surface area (Å²) in [6.45, 7) is 9.18. The van der Waals surface area contributed by atoms with Crippen molar-refractivity contribution in [3.8, 4) is 11.8 Å². The number of hydrogen-bond donors (Lipinski definition) is 2. The van der Waals surface area contributed by atoms with Gasteiger partial charge in [0.1, 0.15) is 12.0 Å². The fraction of sp³-hybridized carbons (Fsp3) is 0.652. The molecule has 0 radical (unpaired) electrons. The third-order valence-electron chi connectivity index (χ3n) is 6.12. The zero-order chi connectivity index (χ0) is 25.2. The maximum atomic E-state index is 13.9. The van der Waals surface area contributed by atoms with E-state index in [1.807, 2.05) is 25.7 Å². The second kappa shape index (κ2) is 9.74. The van der Waals surface area contributed by atoms with Crippen LogP contribution in [0.4, 0.5) is 16.2 Å². The third kappa shape index (κ3) is 6.64. The number of hydrogen-bond acceptors (Lipinski definition) is 10. The number of carbonyl (C=O) groups excluding carboxylic acids is 1. The first kappa shape index (κ1) is 24.8. The van der Waals surface area contributed by atoms with Crippen molar-refractivity contribution in [3.05, 3.63) is 18.3 Å². The number of halogens is 1. The fourth-order valence-corrected chi connectivity index (χ4v) is 3.83. The minimum Gasteiger partial charge on any atom is -0.488 e. The molecule has 35 heavy (non-hydrogen) atoms. The van der Waals surface area contributed by atoms with E-state index in [2.05, 4.69) is 30.2 Å². The molecule has 4 rings (SSSR count). The number of nitrogens with one attached hydrogen (secondary N) is 1. The first-order valence-electron chi connectivity index (χ1n) is 11.8. The molecule has 2 fully saturated rings. The molecule has 11 nitrogen and oxygen atoms in total. The molecule has 0 spiro atoms. The van der Waals surface area contributed by atoms with Crippen LogP contribution in [0.5, 0.6) is 11.8 Å². The Balaban J connectivity index is 1.41. The number of nitrogen functional groups attached to an aromatic ring is 1. The van der Waals surface area contributed by atoms with E-state index in [4.69, 9.17) is 15.2 Å². The summed E-state index contributed by atoms with van der Waals surface area (Å²) in [5, 5.41) is 2.86. The number of alkyl halides is 1. The van der Waals surface area contributed by atoms with E-state index in [0.29, 0.717) is 49.6 Å². The lowest BCUT2D eigenvalue weighted by Gasteiger charge is -2.32. The lowest BCUT2D eigenvalue weighted by molar-refractivity contribution is 0.0906. The van der Waals surface area contributed by atoms with Gasteiger partial charge in [-0.3, -0.25) is 4.79 Å². The molecule has 1 aliphatic heterocycles. The quantitative estimate of drug-likeness (QED) is 0.568. The summed E-state index contributed by atoms with van der Waals surface area (Å²) in [6, 6.07) is 0.0294. The topological polar surface area (TPSA) is 141 Å². The highest BCUT2D eigenvalue weighted by Crippen LogP contribution is 2.46. The molecule has 2 unspecified atom stereocenters. The Hall–Kier alpha value is -3.31. The number of rotatable bonds is 8. The van der Waals surface area contributed by atoms with Gasteiger partial charge in [-0.25, -0.2) is 14.4 Å². The average molecular weight is 489 g/mol. The van der Waals surface area contributed by atoms with Crippen LogP contribution in [0.25, 0.3) is 0 Å². The molecule has 0 aromatic carbocycles. The van der Waals surface area contributed by atoms with E-state index in [-0.39, 0.29) is 24.4 Å². The van der Waals surface area contributed by atoms with Crippen molar-refractivity contribution < 1.29 is 18.7 Å². The van der Waals surface area contributed by atoms with Crippen LogP contribution >= 0.6 is 0 Å². The lowest BCUT2D eigenvalue weighted by Crippen LogP contribution is -2.42. The minimum absolute atomic E-state index is 0.0243. The van der Waals surface area contributed by atoms with Crippen LogP contribution in [0.2, 0.25) is 0 Å². The third-order valence-corrected chi connectivity index (χ3v) is 6.12. The number of piperidine rings is 1. The predicted octanol–water partition coefficient (Wildman–Crippen LogP) is 2.19. The normalized spacial score (nSPS) is 22.5. The number of anilines is 2. The van der Waals surface area contributed by atoms with Crippen molar-refractivity contribution in [2.75, 3.05) is 36.9 Å². The molecule has 2 aromatic heterocycles. The summed E-state index contributed by atoms with van der Waals surface area (Å²) in [5.74, 6) is 0.827. The van der Waals surface area contributed by atoms with Crippen LogP contribution in [0.3, 0.4) is 0 Å². The summed E-state index contributed by atoms with van der Waals surface area (Å²) in [5.41, 5.74) is 4.14. The van der Waals surface area contributed by atoms with E-state index in [0.717, 1.165) is 12.8 Å². The number of nitrogens with zero attached hydrogens (tertiary/aromatic N) is 6. The van der Waals surface area contributed by atoms with Crippen molar-refractivity contribution >= 4 is 17.7 Å². The standard InChI is InChI=1S/C23H33FN8O3/c1-22(2,3)31-19(33)18-28-20(30-21(29-18)35-12-15-9-23(15,4)24)32-7-5-14(6-8-32)11-34-16-10-26-13-27-17(16)25/h10,13-15H,5-9,11-12H2,1-4H3,(H,31,33)(H2,25,26,27).